The number of pyridine rings is 2. The minimum atomic E-state index is -0.178. The molecule has 3 nitrogen and oxygen atoms in total. The Kier molecular flexibility index (Phi) is 7.71. The Morgan fingerprint density at radius 1 is 0.700 bits per heavy atom. The Morgan fingerprint density at radius 3 is 2.25 bits per heavy atom. The van der Waals surface area contributed by atoms with Gasteiger partial charge in [-0.3, -0.25) is 0 Å². The fourth-order valence-electron chi connectivity index (χ4n) is 5.58. The van der Waals surface area contributed by atoms with Crippen molar-refractivity contribution >= 4 is 10.8 Å². The zero-order valence-corrected chi connectivity index (χ0v) is 24.5. The quantitative estimate of drug-likeness (QED) is 0.171. The van der Waals surface area contributed by atoms with Gasteiger partial charge < -0.3 is 9.97 Å². The van der Waals surface area contributed by atoms with Crippen molar-refractivity contribution in [1.29, 1.82) is 5.26 Å². The molecular formula is C36H25IrN3-2. The molecule has 0 atom stereocenters. The van der Waals surface area contributed by atoms with E-state index in [-0.39, 0.29) is 25.5 Å². The van der Waals surface area contributed by atoms with E-state index in [4.69, 9.17) is 0 Å². The van der Waals surface area contributed by atoms with Crippen LogP contribution in [-0.2, 0) is 25.5 Å². The van der Waals surface area contributed by atoms with Gasteiger partial charge in [-0.2, -0.15) is 5.26 Å². The summed E-state index contributed by atoms with van der Waals surface area (Å²) in [5.74, 6) is 0. The summed E-state index contributed by atoms with van der Waals surface area (Å²) in [5, 5.41) is 11.8. The van der Waals surface area contributed by atoms with Gasteiger partial charge in [-0.15, -0.1) is 65.2 Å². The molecule has 0 N–H and O–H groups in total. The second kappa shape index (κ2) is 11.4. The van der Waals surface area contributed by atoms with Crippen LogP contribution in [0, 0.1) is 23.5 Å². The molecule has 0 spiro atoms. The van der Waals surface area contributed by atoms with Crippen molar-refractivity contribution in [3.05, 3.63) is 144 Å². The van der Waals surface area contributed by atoms with E-state index in [0.717, 1.165) is 22.5 Å². The normalized spacial score (nSPS) is 12.2. The van der Waals surface area contributed by atoms with Gasteiger partial charge in [-0.25, -0.2) is 0 Å². The van der Waals surface area contributed by atoms with E-state index >= 15 is 0 Å². The number of aromatic nitrogens is 2. The number of hydrogen-bond acceptors (Lipinski definition) is 3. The summed E-state index contributed by atoms with van der Waals surface area (Å²) < 4.78 is 0. The Balaban J connectivity index is 0.000000209. The van der Waals surface area contributed by atoms with Crippen LogP contribution in [-0.4, -0.2) is 9.97 Å². The Bertz CT molecular complexity index is 1800. The minimum Gasteiger partial charge on any atom is -0.305 e. The molecule has 40 heavy (non-hydrogen) atoms. The van der Waals surface area contributed by atoms with Crippen molar-refractivity contribution in [3.8, 4) is 39.7 Å². The molecule has 4 aromatic carbocycles. The Morgan fingerprint density at radius 2 is 1.48 bits per heavy atom. The molecule has 0 amide bonds. The topological polar surface area (TPSA) is 49.6 Å². The second-order valence-electron chi connectivity index (χ2n) is 10.0. The fourth-order valence-corrected chi connectivity index (χ4v) is 5.58. The average Bonchev–Trinajstić information content (AvgIpc) is 3.25. The van der Waals surface area contributed by atoms with E-state index in [2.05, 4.69) is 84.5 Å². The zero-order chi connectivity index (χ0) is 26.8. The minimum absolute atomic E-state index is 0. The van der Waals surface area contributed by atoms with Crippen molar-refractivity contribution in [2.24, 2.45) is 0 Å². The molecule has 0 fully saturated rings. The number of fused-ring (bicyclic) bond motifs is 5. The molecule has 1 aliphatic rings. The largest absolute Gasteiger partial charge is 0.305 e. The molecule has 1 aliphatic carbocycles. The first-order valence-electron chi connectivity index (χ1n) is 12.9. The van der Waals surface area contributed by atoms with Crippen LogP contribution in [0.4, 0.5) is 0 Å². The van der Waals surface area contributed by atoms with Gasteiger partial charge in [0.1, 0.15) is 0 Å². The smallest absolute Gasteiger partial charge is 0.0984 e. The molecular weight excluding hydrogens is 667 g/mol. The SMILES string of the molecule is CC1(C)c2c(-c3cc(C#N)ccn3)[c-]ccc2-c2ccc3ccccc3c21.[Ir].[c-]1ccccc1-c1ccccn1. The summed E-state index contributed by atoms with van der Waals surface area (Å²) in [6, 6.07) is 43.1. The van der Waals surface area contributed by atoms with E-state index in [1.165, 1.54) is 33.0 Å². The number of nitriles is 1. The molecule has 0 saturated heterocycles. The maximum absolute atomic E-state index is 9.28. The molecule has 2 aromatic heterocycles. The molecule has 6 aromatic rings. The van der Waals surface area contributed by atoms with Crippen molar-refractivity contribution in [2.75, 3.05) is 0 Å². The predicted octanol–water partition coefficient (Wildman–Crippen LogP) is 8.43. The van der Waals surface area contributed by atoms with Crippen molar-refractivity contribution in [2.45, 2.75) is 19.3 Å². The number of hydrogen-bond donors (Lipinski definition) is 0. The summed E-state index contributed by atoms with van der Waals surface area (Å²) >= 11 is 0. The zero-order valence-electron chi connectivity index (χ0n) is 22.1. The van der Waals surface area contributed by atoms with Crippen molar-refractivity contribution in [3.63, 3.8) is 0 Å². The van der Waals surface area contributed by atoms with E-state index in [0.29, 0.717) is 5.56 Å². The molecule has 0 saturated carbocycles. The second-order valence-corrected chi connectivity index (χ2v) is 10.0. The maximum Gasteiger partial charge on any atom is 0.0984 e. The van der Waals surface area contributed by atoms with Gasteiger partial charge >= 0.3 is 0 Å². The summed E-state index contributed by atoms with van der Waals surface area (Å²) in [6.07, 6.45) is 3.49. The van der Waals surface area contributed by atoms with Crippen LogP contribution in [0.25, 0.3) is 44.4 Å². The fraction of sp³-hybridized carbons (Fsp3) is 0.0833. The van der Waals surface area contributed by atoms with Gasteiger partial charge in [0, 0.05) is 38.1 Å². The predicted molar refractivity (Wildman–Crippen MR) is 157 cm³/mol. The third-order valence-corrected chi connectivity index (χ3v) is 7.26. The van der Waals surface area contributed by atoms with Gasteiger partial charge in [0.2, 0.25) is 0 Å². The van der Waals surface area contributed by atoms with Crippen molar-refractivity contribution in [1.82, 2.24) is 9.97 Å². The van der Waals surface area contributed by atoms with Crippen LogP contribution in [0.15, 0.2) is 116 Å². The molecule has 0 aliphatic heterocycles. The van der Waals surface area contributed by atoms with Gasteiger partial charge in [0.25, 0.3) is 0 Å². The standard InChI is InChI=1S/C25H17N2.C11H8N.Ir/c1-25(2)23-18-7-4-3-6-17(18)10-11-20(23)19-8-5-9-21(24(19)25)22-14-16(15-26)12-13-27-22;1-2-6-10(7-3-1)11-8-4-5-9-12-11;/h3-8,10-14H,1-2H3;1-6,8-9H;/q2*-1;. The molecule has 0 bridgehead atoms. The van der Waals surface area contributed by atoms with Crippen LogP contribution < -0.4 is 0 Å². The Labute approximate surface area is 248 Å². The summed E-state index contributed by atoms with van der Waals surface area (Å²) in [5.41, 5.74) is 9.33. The first kappa shape index (κ1) is 27.2. The summed E-state index contributed by atoms with van der Waals surface area (Å²) in [4.78, 5) is 8.76. The molecule has 4 heteroatoms. The van der Waals surface area contributed by atoms with Crippen LogP contribution in [0.1, 0.15) is 30.5 Å². The van der Waals surface area contributed by atoms with Crippen molar-refractivity contribution < 1.29 is 20.1 Å². The maximum atomic E-state index is 9.28. The Hall–Kier alpha value is -4.42. The van der Waals surface area contributed by atoms with Gasteiger partial charge in [-0.05, 0) is 50.8 Å². The van der Waals surface area contributed by atoms with Gasteiger partial charge in [-0.1, -0.05) is 74.0 Å². The number of nitrogens with zero attached hydrogens (tertiary/aromatic N) is 3. The molecule has 1 radical (unpaired) electrons. The van der Waals surface area contributed by atoms with Gasteiger partial charge in [0.05, 0.1) is 6.07 Å². The molecule has 0 unspecified atom stereocenters. The van der Waals surface area contributed by atoms with Gasteiger partial charge in [0.15, 0.2) is 0 Å². The van der Waals surface area contributed by atoms with E-state index < -0.39 is 0 Å². The first-order chi connectivity index (χ1) is 19.1. The van der Waals surface area contributed by atoms with Crippen LogP contribution in [0.3, 0.4) is 0 Å². The first-order valence-corrected chi connectivity index (χ1v) is 12.9. The van der Waals surface area contributed by atoms with E-state index in [9.17, 15) is 5.26 Å². The van der Waals surface area contributed by atoms with Crippen LogP contribution in [0.2, 0.25) is 0 Å². The van der Waals surface area contributed by atoms with Crippen LogP contribution in [0.5, 0.6) is 0 Å². The monoisotopic (exact) mass is 692 g/mol. The third kappa shape index (κ3) is 4.87. The van der Waals surface area contributed by atoms with E-state index in [1.54, 1.807) is 18.5 Å². The van der Waals surface area contributed by atoms with Crippen LogP contribution >= 0.6 is 0 Å². The molecule has 2 heterocycles. The molecule has 195 valence electrons. The summed E-state index contributed by atoms with van der Waals surface area (Å²) in [6.45, 7) is 4.55. The van der Waals surface area contributed by atoms with E-state index in [1.807, 2.05) is 54.6 Å². The average molecular weight is 692 g/mol. The number of benzene rings is 4. The summed E-state index contributed by atoms with van der Waals surface area (Å²) in [7, 11) is 0. The number of rotatable bonds is 2. The third-order valence-electron chi connectivity index (χ3n) is 7.26. The molecule has 7 rings (SSSR count).